The zero-order chi connectivity index (χ0) is 25.3. The van der Waals surface area contributed by atoms with E-state index in [2.05, 4.69) is 31.3 Å². The Kier molecular flexibility index (Phi) is 6.69. The van der Waals surface area contributed by atoms with Crippen molar-refractivity contribution in [1.29, 1.82) is 0 Å². The number of hydrogen-bond donors (Lipinski definition) is 1. The largest absolute Gasteiger partial charge is 0.351 e. The molecule has 0 bridgehead atoms. The summed E-state index contributed by atoms with van der Waals surface area (Å²) in [5, 5.41) is 8.08. The highest BCUT2D eigenvalue weighted by Gasteiger charge is 2.49. The number of aryl methyl sites for hydroxylation is 2. The molecule has 1 aromatic heterocycles. The summed E-state index contributed by atoms with van der Waals surface area (Å²) in [6.45, 7) is 6.41. The Balaban J connectivity index is 1.53. The van der Waals surface area contributed by atoms with Gasteiger partial charge in [-0.15, -0.1) is 0 Å². The Hall–Kier alpha value is -3.41. The van der Waals surface area contributed by atoms with Crippen molar-refractivity contribution in [2.45, 2.75) is 83.8 Å². The molecule has 2 heterocycles. The monoisotopic (exact) mass is 484 g/mol. The van der Waals surface area contributed by atoms with Gasteiger partial charge in [-0.2, -0.15) is 5.10 Å². The standard InChI is InChI=1S/C30H36N4O2/c1-4-21-11-15-23(16-12-21)26-19-27-28(35)34(25-17-13-22(5-2)14-18-25)30(3,20-33(27)32-26)29(36)31-24-9-7-6-8-10-24/h11-19,24H,4-10,20H2,1-3H3,(H,31,36). The summed E-state index contributed by atoms with van der Waals surface area (Å²) in [5.41, 5.74) is 4.32. The average Bonchev–Trinajstić information content (AvgIpc) is 3.33. The molecule has 1 aliphatic heterocycles. The van der Waals surface area contributed by atoms with Crippen LogP contribution >= 0.6 is 0 Å². The summed E-state index contributed by atoms with van der Waals surface area (Å²) in [7, 11) is 0. The van der Waals surface area contributed by atoms with Gasteiger partial charge in [0.25, 0.3) is 5.91 Å². The lowest BCUT2D eigenvalue weighted by atomic mass is 9.91. The van der Waals surface area contributed by atoms with E-state index >= 15 is 0 Å². The number of benzene rings is 2. The Morgan fingerprint density at radius 2 is 1.58 bits per heavy atom. The SMILES string of the molecule is CCc1ccc(-c2cc3n(n2)CC(C)(C(=O)NC2CCCCC2)N(c2ccc(CC)cc2)C3=O)cc1. The zero-order valence-corrected chi connectivity index (χ0v) is 21.6. The molecule has 0 spiro atoms. The van der Waals surface area contributed by atoms with E-state index in [4.69, 9.17) is 5.10 Å². The van der Waals surface area contributed by atoms with Gasteiger partial charge in [-0.05, 0) is 61.9 Å². The van der Waals surface area contributed by atoms with E-state index in [1.807, 2.05) is 49.4 Å². The summed E-state index contributed by atoms with van der Waals surface area (Å²) >= 11 is 0. The van der Waals surface area contributed by atoms with Gasteiger partial charge in [0, 0.05) is 17.3 Å². The molecule has 0 radical (unpaired) electrons. The molecule has 1 fully saturated rings. The van der Waals surface area contributed by atoms with Crippen molar-refractivity contribution < 1.29 is 9.59 Å². The summed E-state index contributed by atoms with van der Waals surface area (Å²) in [5.74, 6) is -0.312. The first-order chi connectivity index (χ1) is 17.4. The van der Waals surface area contributed by atoms with Gasteiger partial charge in [0.05, 0.1) is 12.2 Å². The number of carbonyl (C=O) groups is 2. The van der Waals surface area contributed by atoms with Gasteiger partial charge in [0.1, 0.15) is 11.2 Å². The van der Waals surface area contributed by atoms with Crippen LogP contribution in [0.2, 0.25) is 0 Å². The van der Waals surface area contributed by atoms with E-state index in [9.17, 15) is 9.59 Å². The minimum absolute atomic E-state index is 0.114. The Labute approximate surface area is 213 Å². The van der Waals surface area contributed by atoms with Crippen molar-refractivity contribution >= 4 is 17.5 Å². The first kappa shape index (κ1) is 24.3. The number of hydrogen-bond acceptors (Lipinski definition) is 3. The lowest BCUT2D eigenvalue weighted by Crippen LogP contribution is -2.65. The van der Waals surface area contributed by atoms with Crippen molar-refractivity contribution in [2.24, 2.45) is 0 Å². The first-order valence-corrected chi connectivity index (χ1v) is 13.3. The van der Waals surface area contributed by atoms with Gasteiger partial charge in [0.15, 0.2) is 0 Å². The number of amides is 2. The minimum Gasteiger partial charge on any atom is -0.351 e. The molecule has 0 saturated heterocycles. The predicted octanol–water partition coefficient (Wildman–Crippen LogP) is 5.54. The summed E-state index contributed by atoms with van der Waals surface area (Å²) in [4.78, 5) is 29.6. The van der Waals surface area contributed by atoms with Crippen molar-refractivity contribution in [3.05, 3.63) is 71.4 Å². The first-order valence-electron chi connectivity index (χ1n) is 13.3. The molecule has 6 nitrogen and oxygen atoms in total. The van der Waals surface area contributed by atoms with Gasteiger partial charge >= 0.3 is 0 Å². The lowest BCUT2D eigenvalue weighted by Gasteiger charge is -2.44. The van der Waals surface area contributed by atoms with Crippen molar-refractivity contribution in [2.75, 3.05) is 4.90 Å². The van der Waals surface area contributed by atoms with Crippen LogP contribution in [0.25, 0.3) is 11.3 Å². The molecule has 36 heavy (non-hydrogen) atoms. The molecule has 1 atom stereocenters. The quantitative estimate of drug-likeness (QED) is 0.499. The van der Waals surface area contributed by atoms with E-state index in [1.54, 1.807) is 9.58 Å². The topological polar surface area (TPSA) is 67.2 Å². The molecule has 6 heteroatoms. The highest BCUT2D eigenvalue weighted by molar-refractivity contribution is 6.12. The molecule has 2 aromatic carbocycles. The fraction of sp³-hybridized carbons (Fsp3) is 0.433. The van der Waals surface area contributed by atoms with Crippen LogP contribution in [0.1, 0.15) is 74.5 Å². The smallest absolute Gasteiger partial charge is 0.277 e. The van der Waals surface area contributed by atoms with Crippen molar-refractivity contribution in [1.82, 2.24) is 15.1 Å². The maximum Gasteiger partial charge on any atom is 0.277 e. The molecular formula is C30H36N4O2. The van der Waals surface area contributed by atoms with Crippen LogP contribution in [0.4, 0.5) is 5.69 Å². The normalized spacial score (nSPS) is 20.3. The number of rotatable bonds is 6. The zero-order valence-electron chi connectivity index (χ0n) is 21.6. The van der Waals surface area contributed by atoms with Crippen LogP contribution in [-0.2, 0) is 24.2 Å². The molecule has 2 amide bonds. The second-order valence-electron chi connectivity index (χ2n) is 10.4. The van der Waals surface area contributed by atoms with E-state index in [0.717, 1.165) is 55.5 Å². The minimum atomic E-state index is -1.09. The second kappa shape index (κ2) is 9.92. The third-order valence-electron chi connectivity index (χ3n) is 7.84. The van der Waals surface area contributed by atoms with E-state index in [1.165, 1.54) is 17.5 Å². The Morgan fingerprint density at radius 3 is 2.19 bits per heavy atom. The van der Waals surface area contributed by atoms with Crippen LogP contribution in [0.15, 0.2) is 54.6 Å². The van der Waals surface area contributed by atoms with Crippen LogP contribution in [0.3, 0.4) is 0 Å². The summed E-state index contributed by atoms with van der Waals surface area (Å²) in [6.07, 6.45) is 7.35. The molecule has 1 N–H and O–H groups in total. The number of fused-ring (bicyclic) bond motifs is 1. The molecule has 5 rings (SSSR count). The van der Waals surface area contributed by atoms with Gasteiger partial charge in [0.2, 0.25) is 5.91 Å². The second-order valence-corrected chi connectivity index (χ2v) is 10.4. The Morgan fingerprint density at radius 1 is 0.972 bits per heavy atom. The van der Waals surface area contributed by atoms with Crippen LogP contribution in [0.5, 0.6) is 0 Å². The van der Waals surface area contributed by atoms with E-state index < -0.39 is 5.54 Å². The van der Waals surface area contributed by atoms with Crippen LogP contribution in [-0.4, -0.2) is 33.2 Å². The van der Waals surface area contributed by atoms with Crippen LogP contribution < -0.4 is 10.2 Å². The van der Waals surface area contributed by atoms with Gasteiger partial charge in [-0.25, -0.2) is 0 Å². The third kappa shape index (κ3) is 4.45. The number of carbonyl (C=O) groups excluding carboxylic acids is 2. The fourth-order valence-corrected chi connectivity index (χ4v) is 5.51. The highest BCUT2D eigenvalue weighted by atomic mass is 16.2. The number of anilines is 1. The highest BCUT2D eigenvalue weighted by Crippen LogP contribution is 2.35. The molecule has 2 aliphatic rings. The molecule has 1 unspecified atom stereocenters. The third-order valence-corrected chi connectivity index (χ3v) is 7.84. The summed E-state index contributed by atoms with van der Waals surface area (Å²) < 4.78 is 1.72. The molecule has 1 aliphatic carbocycles. The molecule has 1 saturated carbocycles. The number of aromatic nitrogens is 2. The average molecular weight is 485 g/mol. The lowest BCUT2D eigenvalue weighted by molar-refractivity contribution is -0.127. The van der Waals surface area contributed by atoms with E-state index in [-0.39, 0.29) is 17.9 Å². The molecular weight excluding hydrogens is 448 g/mol. The maximum atomic E-state index is 14.0. The predicted molar refractivity (Wildman–Crippen MR) is 143 cm³/mol. The number of nitrogens with one attached hydrogen (secondary N) is 1. The van der Waals surface area contributed by atoms with E-state index in [0.29, 0.717) is 12.2 Å². The summed E-state index contributed by atoms with van der Waals surface area (Å²) in [6, 6.07) is 18.3. The molecule has 188 valence electrons. The van der Waals surface area contributed by atoms with Crippen LogP contribution in [0, 0.1) is 0 Å². The maximum absolute atomic E-state index is 14.0. The number of nitrogens with zero attached hydrogens (tertiary/aromatic N) is 3. The van der Waals surface area contributed by atoms with Crippen molar-refractivity contribution in [3.8, 4) is 11.3 Å². The van der Waals surface area contributed by atoms with Gasteiger partial charge in [-0.1, -0.05) is 69.5 Å². The fourth-order valence-electron chi connectivity index (χ4n) is 5.51. The van der Waals surface area contributed by atoms with Gasteiger partial charge in [-0.3, -0.25) is 19.2 Å². The Bertz CT molecular complexity index is 1240. The van der Waals surface area contributed by atoms with Crippen molar-refractivity contribution in [3.63, 3.8) is 0 Å². The molecule has 3 aromatic rings. The van der Waals surface area contributed by atoms with Gasteiger partial charge < -0.3 is 5.32 Å².